The number of thioether (sulfide) groups is 1. The van der Waals surface area contributed by atoms with Gasteiger partial charge in [0.05, 0.1) is 0 Å². The summed E-state index contributed by atoms with van der Waals surface area (Å²) in [7, 11) is 0. The number of para-hydroxylation sites is 1. The van der Waals surface area contributed by atoms with Crippen LogP contribution in [0.15, 0.2) is 30.3 Å². The molecule has 0 heterocycles. The maximum atomic E-state index is 3.50. The molecule has 1 atom stereocenters. The molecule has 1 aromatic carbocycles. The van der Waals surface area contributed by atoms with E-state index in [0.717, 1.165) is 19.6 Å². The summed E-state index contributed by atoms with van der Waals surface area (Å²) in [5.41, 5.74) is 1.33. The molecule has 1 aromatic rings. The first kappa shape index (κ1) is 15.4. The molecular weight excluding hydrogens is 240 g/mol. The third-order valence-electron chi connectivity index (χ3n) is 3.22. The molecule has 0 amide bonds. The van der Waals surface area contributed by atoms with Crippen molar-refractivity contribution < 1.29 is 0 Å². The number of nitrogens with one attached hydrogen (secondary N) is 1. The van der Waals surface area contributed by atoms with Gasteiger partial charge in [0, 0.05) is 37.1 Å². The van der Waals surface area contributed by atoms with Crippen LogP contribution in [0.5, 0.6) is 0 Å². The summed E-state index contributed by atoms with van der Waals surface area (Å²) in [6, 6.07) is 11.3. The van der Waals surface area contributed by atoms with Crippen molar-refractivity contribution in [3.05, 3.63) is 30.3 Å². The Morgan fingerprint density at radius 1 is 1.22 bits per heavy atom. The minimum absolute atomic E-state index is 0.592. The number of benzene rings is 1. The van der Waals surface area contributed by atoms with E-state index >= 15 is 0 Å². The molecule has 1 unspecified atom stereocenters. The average Bonchev–Trinajstić information content (AvgIpc) is 2.43. The van der Waals surface area contributed by atoms with E-state index in [4.69, 9.17) is 0 Å². The minimum Gasteiger partial charge on any atom is -0.368 e. The maximum absolute atomic E-state index is 3.50. The van der Waals surface area contributed by atoms with Crippen molar-refractivity contribution in [2.24, 2.45) is 0 Å². The molecular formula is C15H26N2S. The van der Waals surface area contributed by atoms with Gasteiger partial charge in [-0.25, -0.2) is 0 Å². The summed E-state index contributed by atoms with van der Waals surface area (Å²) in [4.78, 5) is 2.49. The van der Waals surface area contributed by atoms with Crippen LogP contribution in [-0.2, 0) is 0 Å². The minimum atomic E-state index is 0.592. The van der Waals surface area contributed by atoms with Crippen LogP contribution in [0.4, 0.5) is 5.69 Å². The smallest absolute Gasteiger partial charge is 0.0369 e. The molecule has 0 spiro atoms. The quantitative estimate of drug-likeness (QED) is 0.691. The average molecular weight is 266 g/mol. The molecule has 0 aliphatic rings. The summed E-state index contributed by atoms with van der Waals surface area (Å²) < 4.78 is 0. The standard InChI is InChI=1S/C15H26N2S/c1-4-14(2)17(12-10-16-11-13-18-3)15-8-6-5-7-9-15/h5-9,14,16H,4,10-13H2,1-3H3. The molecule has 1 N–H and O–H groups in total. The zero-order valence-electron chi connectivity index (χ0n) is 11.9. The number of hydrogen-bond donors (Lipinski definition) is 1. The summed E-state index contributed by atoms with van der Waals surface area (Å²) in [6.07, 6.45) is 3.33. The molecule has 0 radical (unpaired) electrons. The van der Waals surface area contributed by atoms with Gasteiger partial charge in [-0.3, -0.25) is 0 Å². The van der Waals surface area contributed by atoms with E-state index in [1.165, 1.54) is 17.9 Å². The largest absolute Gasteiger partial charge is 0.368 e. The first-order valence-corrected chi connectivity index (χ1v) is 8.20. The molecule has 0 fully saturated rings. The Morgan fingerprint density at radius 3 is 2.56 bits per heavy atom. The highest BCUT2D eigenvalue weighted by Crippen LogP contribution is 2.17. The maximum Gasteiger partial charge on any atom is 0.0369 e. The Labute approximate surface area is 116 Å². The van der Waals surface area contributed by atoms with Crippen LogP contribution in [0.2, 0.25) is 0 Å². The summed E-state index contributed by atoms with van der Waals surface area (Å²) in [5.74, 6) is 1.19. The van der Waals surface area contributed by atoms with Gasteiger partial charge in [-0.15, -0.1) is 0 Å². The Balaban J connectivity index is 2.47. The fourth-order valence-electron chi connectivity index (χ4n) is 1.94. The van der Waals surface area contributed by atoms with Gasteiger partial charge in [0.2, 0.25) is 0 Å². The normalized spacial score (nSPS) is 12.4. The molecule has 102 valence electrons. The fourth-order valence-corrected chi connectivity index (χ4v) is 2.29. The van der Waals surface area contributed by atoms with Crippen molar-refractivity contribution in [3.8, 4) is 0 Å². The van der Waals surface area contributed by atoms with E-state index in [-0.39, 0.29) is 0 Å². The third-order valence-corrected chi connectivity index (χ3v) is 3.84. The second-order valence-electron chi connectivity index (χ2n) is 4.53. The van der Waals surface area contributed by atoms with Crippen molar-refractivity contribution >= 4 is 17.4 Å². The van der Waals surface area contributed by atoms with E-state index in [1.54, 1.807) is 0 Å². The van der Waals surface area contributed by atoms with Gasteiger partial charge in [0.15, 0.2) is 0 Å². The number of anilines is 1. The first-order chi connectivity index (χ1) is 8.79. The van der Waals surface area contributed by atoms with E-state index < -0.39 is 0 Å². The van der Waals surface area contributed by atoms with Crippen LogP contribution >= 0.6 is 11.8 Å². The molecule has 3 heteroatoms. The van der Waals surface area contributed by atoms with E-state index in [2.05, 4.69) is 60.7 Å². The summed E-state index contributed by atoms with van der Waals surface area (Å²) in [6.45, 7) is 7.79. The predicted molar refractivity (Wildman–Crippen MR) is 84.8 cm³/mol. The second-order valence-corrected chi connectivity index (χ2v) is 5.51. The molecule has 0 aromatic heterocycles. The Morgan fingerprint density at radius 2 is 1.94 bits per heavy atom. The van der Waals surface area contributed by atoms with Crippen molar-refractivity contribution in [1.29, 1.82) is 0 Å². The molecule has 0 bridgehead atoms. The van der Waals surface area contributed by atoms with Crippen molar-refractivity contribution in [3.63, 3.8) is 0 Å². The summed E-state index contributed by atoms with van der Waals surface area (Å²) in [5, 5.41) is 3.50. The predicted octanol–water partition coefficient (Wildman–Crippen LogP) is 3.24. The lowest BCUT2D eigenvalue weighted by atomic mass is 10.2. The molecule has 0 saturated carbocycles. The van der Waals surface area contributed by atoms with Crippen LogP contribution in [0.1, 0.15) is 20.3 Å². The van der Waals surface area contributed by atoms with E-state index in [1.807, 2.05) is 11.8 Å². The molecule has 0 aliphatic heterocycles. The van der Waals surface area contributed by atoms with Gasteiger partial charge in [-0.05, 0) is 31.7 Å². The second kappa shape index (κ2) is 9.29. The Bertz CT molecular complexity index is 303. The van der Waals surface area contributed by atoms with Crippen LogP contribution in [-0.4, -0.2) is 37.7 Å². The van der Waals surface area contributed by atoms with E-state index in [0.29, 0.717) is 6.04 Å². The van der Waals surface area contributed by atoms with Crippen molar-refractivity contribution in [2.45, 2.75) is 26.3 Å². The topological polar surface area (TPSA) is 15.3 Å². The van der Waals surface area contributed by atoms with Gasteiger partial charge >= 0.3 is 0 Å². The Kier molecular flexibility index (Phi) is 7.94. The monoisotopic (exact) mass is 266 g/mol. The molecule has 0 saturated heterocycles. The van der Waals surface area contributed by atoms with Crippen LogP contribution in [0.3, 0.4) is 0 Å². The molecule has 2 nitrogen and oxygen atoms in total. The first-order valence-electron chi connectivity index (χ1n) is 6.81. The van der Waals surface area contributed by atoms with E-state index in [9.17, 15) is 0 Å². The summed E-state index contributed by atoms with van der Waals surface area (Å²) >= 11 is 1.89. The Hall–Kier alpha value is -0.670. The highest BCUT2D eigenvalue weighted by Gasteiger charge is 2.11. The third kappa shape index (κ3) is 5.32. The number of rotatable bonds is 9. The van der Waals surface area contributed by atoms with Crippen molar-refractivity contribution in [1.82, 2.24) is 5.32 Å². The molecule has 1 rings (SSSR count). The van der Waals surface area contributed by atoms with Gasteiger partial charge in [0.25, 0.3) is 0 Å². The van der Waals surface area contributed by atoms with Crippen molar-refractivity contribution in [2.75, 3.05) is 36.5 Å². The van der Waals surface area contributed by atoms with Crippen LogP contribution in [0.25, 0.3) is 0 Å². The zero-order chi connectivity index (χ0) is 13.2. The van der Waals surface area contributed by atoms with Gasteiger partial charge in [0.1, 0.15) is 0 Å². The SMILES string of the molecule is CCC(C)N(CCNCCSC)c1ccccc1. The van der Waals surface area contributed by atoms with Gasteiger partial charge < -0.3 is 10.2 Å². The van der Waals surface area contributed by atoms with Gasteiger partial charge in [-0.2, -0.15) is 11.8 Å². The van der Waals surface area contributed by atoms with Crippen LogP contribution in [0, 0.1) is 0 Å². The highest BCUT2D eigenvalue weighted by molar-refractivity contribution is 7.98. The fraction of sp³-hybridized carbons (Fsp3) is 0.600. The van der Waals surface area contributed by atoms with Crippen LogP contribution < -0.4 is 10.2 Å². The molecule has 0 aliphatic carbocycles. The van der Waals surface area contributed by atoms with Gasteiger partial charge in [-0.1, -0.05) is 25.1 Å². The molecule has 18 heavy (non-hydrogen) atoms. The lowest BCUT2D eigenvalue weighted by Gasteiger charge is -2.31. The lowest BCUT2D eigenvalue weighted by molar-refractivity contribution is 0.591. The lowest BCUT2D eigenvalue weighted by Crippen LogP contribution is -2.38. The highest BCUT2D eigenvalue weighted by atomic mass is 32.2. The zero-order valence-corrected chi connectivity index (χ0v) is 12.7. The number of nitrogens with zero attached hydrogens (tertiary/aromatic N) is 1. The number of hydrogen-bond acceptors (Lipinski definition) is 3.